The summed E-state index contributed by atoms with van der Waals surface area (Å²) in [4.78, 5) is 23.3. The number of sulfone groups is 1. The highest BCUT2D eigenvalue weighted by Crippen LogP contribution is 2.30. The van der Waals surface area contributed by atoms with Gasteiger partial charge in [-0.2, -0.15) is 0 Å². The first kappa shape index (κ1) is 19.4. The first-order valence-electron chi connectivity index (χ1n) is 9.49. The van der Waals surface area contributed by atoms with Gasteiger partial charge in [0.1, 0.15) is 0 Å². The Bertz CT molecular complexity index is 926. The third-order valence-electron chi connectivity index (χ3n) is 5.35. The molecule has 1 saturated heterocycles. The molecule has 28 heavy (non-hydrogen) atoms. The maximum absolute atomic E-state index is 13.0. The van der Waals surface area contributed by atoms with Crippen LogP contribution < -0.4 is 0 Å². The molecule has 0 radical (unpaired) electrons. The standard InChI is InChI=1S/C18H23N5O3S2/c24-16(11-27-18-20-17(21-22-18)13-5-8-19-9-6-13)23(14-3-1-2-4-14)15-7-10-28(25,26)12-15/h5-6,8-9,14-15H,1-4,7,10-12H2,(H,20,21,22)/t15-/m0/s1. The second-order valence-corrected chi connectivity index (χ2v) is 10.5. The molecule has 8 nitrogen and oxygen atoms in total. The van der Waals surface area contributed by atoms with Gasteiger partial charge in [-0.15, -0.1) is 5.10 Å². The minimum atomic E-state index is -3.03. The maximum atomic E-state index is 13.0. The van der Waals surface area contributed by atoms with Gasteiger partial charge in [0.2, 0.25) is 11.1 Å². The summed E-state index contributed by atoms with van der Waals surface area (Å²) in [5.41, 5.74) is 0.879. The lowest BCUT2D eigenvalue weighted by Crippen LogP contribution is -2.47. The highest BCUT2D eigenvalue weighted by Gasteiger charge is 2.38. The van der Waals surface area contributed by atoms with Gasteiger partial charge in [0.15, 0.2) is 15.7 Å². The quantitative estimate of drug-likeness (QED) is 0.710. The van der Waals surface area contributed by atoms with Crippen molar-refractivity contribution in [3.8, 4) is 11.4 Å². The van der Waals surface area contributed by atoms with Crippen molar-refractivity contribution >= 4 is 27.5 Å². The van der Waals surface area contributed by atoms with Gasteiger partial charge in [0.25, 0.3) is 0 Å². The normalized spacial score (nSPS) is 21.8. The van der Waals surface area contributed by atoms with Gasteiger partial charge in [-0.1, -0.05) is 24.6 Å². The van der Waals surface area contributed by atoms with Crippen LogP contribution in [0.1, 0.15) is 32.1 Å². The number of H-pyrrole nitrogens is 1. The number of pyridine rings is 1. The fraction of sp³-hybridized carbons (Fsp3) is 0.556. The Morgan fingerprint density at radius 3 is 2.61 bits per heavy atom. The molecule has 1 aliphatic heterocycles. The number of aromatic amines is 1. The largest absolute Gasteiger partial charge is 0.335 e. The Labute approximate surface area is 168 Å². The second-order valence-electron chi connectivity index (χ2n) is 7.29. The molecule has 2 aromatic rings. The first-order chi connectivity index (χ1) is 13.5. The molecule has 0 spiro atoms. The number of amides is 1. The third-order valence-corrected chi connectivity index (χ3v) is 7.93. The van der Waals surface area contributed by atoms with Gasteiger partial charge in [-0.25, -0.2) is 13.4 Å². The van der Waals surface area contributed by atoms with E-state index in [0.29, 0.717) is 17.4 Å². The van der Waals surface area contributed by atoms with E-state index in [0.717, 1.165) is 31.2 Å². The zero-order valence-electron chi connectivity index (χ0n) is 15.5. The number of aromatic nitrogens is 4. The number of nitrogens with zero attached hydrogens (tertiary/aromatic N) is 4. The van der Waals surface area contributed by atoms with Crippen LogP contribution in [-0.2, 0) is 14.6 Å². The molecule has 2 aliphatic rings. The minimum Gasteiger partial charge on any atom is -0.335 e. The van der Waals surface area contributed by atoms with Crippen LogP contribution >= 0.6 is 11.8 Å². The van der Waals surface area contributed by atoms with Crippen LogP contribution in [0.5, 0.6) is 0 Å². The van der Waals surface area contributed by atoms with Crippen molar-refractivity contribution in [1.82, 2.24) is 25.1 Å². The molecule has 1 atom stereocenters. The summed E-state index contributed by atoms with van der Waals surface area (Å²) in [6.45, 7) is 0. The van der Waals surface area contributed by atoms with Crippen molar-refractivity contribution in [2.24, 2.45) is 0 Å². The van der Waals surface area contributed by atoms with Crippen LogP contribution in [0.3, 0.4) is 0 Å². The van der Waals surface area contributed by atoms with Gasteiger partial charge < -0.3 is 4.90 Å². The predicted octanol–water partition coefficient (Wildman–Crippen LogP) is 1.92. The smallest absolute Gasteiger partial charge is 0.233 e. The molecular weight excluding hydrogens is 398 g/mol. The Hall–Kier alpha value is -1.94. The van der Waals surface area contributed by atoms with Gasteiger partial charge in [0.05, 0.1) is 17.3 Å². The summed E-state index contributed by atoms with van der Waals surface area (Å²) in [5, 5.41) is 7.57. The summed E-state index contributed by atoms with van der Waals surface area (Å²) >= 11 is 1.28. The number of hydrogen-bond acceptors (Lipinski definition) is 7. The molecule has 1 saturated carbocycles. The van der Waals surface area contributed by atoms with Crippen molar-refractivity contribution < 1.29 is 13.2 Å². The molecule has 0 aromatic carbocycles. The highest BCUT2D eigenvalue weighted by molar-refractivity contribution is 7.99. The second kappa shape index (κ2) is 8.20. The van der Waals surface area contributed by atoms with E-state index in [2.05, 4.69) is 20.2 Å². The van der Waals surface area contributed by atoms with Crippen LogP contribution in [0.25, 0.3) is 11.4 Å². The lowest BCUT2D eigenvalue weighted by molar-refractivity contribution is -0.132. The van der Waals surface area contributed by atoms with E-state index in [1.807, 2.05) is 17.0 Å². The van der Waals surface area contributed by atoms with Crippen molar-refractivity contribution in [1.29, 1.82) is 0 Å². The van der Waals surface area contributed by atoms with Crippen LogP contribution in [-0.4, -0.2) is 68.7 Å². The zero-order chi connectivity index (χ0) is 19.6. The summed E-state index contributed by atoms with van der Waals surface area (Å²) in [7, 11) is -3.03. The summed E-state index contributed by atoms with van der Waals surface area (Å²) in [6.07, 6.45) is 8.02. The number of carbonyl (C=O) groups is 1. The fourth-order valence-electron chi connectivity index (χ4n) is 4.03. The molecule has 0 bridgehead atoms. The molecule has 10 heteroatoms. The average molecular weight is 422 g/mol. The molecule has 0 unspecified atom stereocenters. The molecule has 1 amide bonds. The number of nitrogens with one attached hydrogen (secondary N) is 1. The Kier molecular flexibility index (Phi) is 5.68. The van der Waals surface area contributed by atoms with Gasteiger partial charge >= 0.3 is 0 Å². The van der Waals surface area contributed by atoms with E-state index >= 15 is 0 Å². The molecule has 4 rings (SSSR count). The fourth-order valence-corrected chi connectivity index (χ4v) is 6.41. The molecule has 1 N–H and O–H groups in total. The third kappa shape index (κ3) is 4.38. The summed E-state index contributed by atoms with van der Waals surface area (Å²) in [5.74, 6) is 1.09. The SMILES string of the molecule is O=C(CSc1n[nH]c(-c2ccncc2)n1)N(C1CCCC1)[C@H]1CCS(=O)(=O)C1. The van der Waals surface area contributed by atoms with Crippen molar-refractivity contribution in [3.05, 3.63) is 24.5 Å². The van der Waals surface area contributed by atoms with Gasteiger partial charge in [-0.05, 0) is 31.4 Å². The minimum absolute atomic E-state index is 0.0192. The van der Waals surface area contributed by atoms with E-state index in [9.17, 15) is 13.2 Å². The van der Waals surface area contributed by atoms with Crippen LogP contribution in [0, 0.1) is 0 Å². The van der Waals surface area contributed by atoms with E-state index in [1.165, 1.54) is 11.8 Å². The molecule has 3 heterocycles. The molecule has 2 fully saturated rings. The monoisotopic (exact) mass is 421 g/mol. The van der Waals surface area contributed by atoms with E-state index in [1.54, 1.807) is 12.4 Å². The topological polar surface area (TPSA) is 109 Å². The molecular formula is C18H23N5O3S2. The average Bonchev–Trinajstić information content (AvgIpc) is 3.43. The molecule has 1 aliphatic carbocycles. The summed E-state index contributed by atoms with van der Waals surface area (Å²) < 4.78 is 23.9. The van der Waals surface area contributed by atoms with Crippen LogP contribution in [0.2, 0.25) is 0 Å². The highest BCUT2D eigenvalue weighted by atomic mass is 32.2. The maximum Gasteiger partial charge on any atom is 0.233 e. The van der Waals surface area contributed by atoms with Crippen molar-refractivity contribution in [2.75, 3.05) is 17.3 Å². The summed E-state index contributed by atoms with van der Waals surface area (Å²) in [6, 6.07) is 3.64. The Morgan fingerprint density at radius 1 is 1.18 bits per heavy atom. The zero-order valence-corrected chi connectivity index (χ0v) is 17.1. The van der Waals surface area contributed by atoms with Crippen molar-refractivity contribution in [2.45, 2.75) is 49.3 Å². The Balaban J connectivity index is 1.42. The predicted molar refractivity (Wildman–Crippen MR) is 106 cm³/mol. The van der Waals surface area contributed by atoms with E-state index in [-0.39, 0.29) is 35.2 Å². The van der Waals surface area contributed by atoms with E-state index < -0.39 is 9.84 Å². The lowest BCUT2D eigenvalue weighted by atomic mass is 10.1. The van der Waals surface area contributed by atoms with Crippen LogP contribution in [0.4, 0.5) is 0 Å². The first-order valence-corrected chi connectivity index (χ1v) is 12.3. The van der Waals surface area contributed by atoms with E-state index in [4.69, 9.17) is 0 Å². The van der Waals surface area contributed by atoms with Gasteiger partial charge in [-0.3, -0.25) is 14.9 Å². The number of hydrogen-bond donors (Lipinski definition) is 1. The van der Waals surface area contributed by atoms with Gasteiger partial charge in [0, 0.05) is 30.0 Å². The number of carbonyl (C=O) groups excluding carboxylic acids is 1. The Morgan fingerprint density at radius 2 is 1.93 bits per heavy atom. The molecule has 2 aromatic heterocycles. The lowest BCUT2D eigenvalue weighted by Gasteiger charge is -2.34. The van der Waals surface area contributed by atoms with Crippen LogP contribution in [0.15, 0.2) is 29.7 Å². The van der Waals surface area contributed by atoms with Crippen molar-refractivity contribution in [3.63, 3.8) is 0 Å². The molecule has 150 valence electrons. The number of thioether (sulfide) groups is 1. The number of rotatable bonds is 6.